The van der Waals surface area contributed by atoms with Crippen molar-refractivity contribution in [3.8, 4) is 5.75 Å². The fourth-order valence-corrected chi connectivity index (χ4v) is 1.98. The highest BCUT2D eigenvalue weighted by Gasteiger charge is 2.30. The number of likely N-dealkylation sites (tertiary alicyclic amines) is 1. The van der Waals surface area contributed by atoms with Crippen molar-refractivity contribution in [1.29, 1.82) is 0 Å². The molecular weight excluding hydrogens is 234 g/mol. The summed E-state index contributed by atoms with van der Waals surface area (Å²) in [7, 11) is 0. The molecule has 1 aliphatic heterocycles. The first-order valence-electron chi connectivity index (χ1n) is 6.06. The predicted molar refractivity (Wildman–Crippen MR) is 65.4 cm³/mol. The van der Waals surface area contributed by atoms with Gasteiger partial charge in [0.25, 0.3) is 0 Å². The Morgan fingerprint density at radius 2 is 2.28 bits per heavy atom. The van der Waals surface area contributed by atoms with Crippen LogP contribution in [-0.2, 0) is 4.74 Å². The van der Waals surface area contributed by atoms with Crippen LogP contribution in [0.25, 0.3) is 0 Å². The zero-order chi connectivity index (χ0) is 13.3. The second kappa shape index (κ2) is 4.51. The van der Waals surface area contributed by atoms with Crippen molar-refractivity contribution in [2.75, 3.05) is 13.1 Å². The Bertz CT molecular complexity index is 436. The van der Waals surface area contributed by atoms with Crippen LogP contribution in [0, 0.1) is 0 Å². The Labute approximate surface area is 106 Å². The molecule has 1 fully saturated rings. The molecule has 0 aromatic carbocycles. The lowest BCUT2D eigenvalue weighted by Gasteiger charge is -2.24. The van der Waals surface area contributed by atoms with Gasteiger partial charge in [0, 0.05) is 13.1 Å². The second-order valence-electron chi connectivity index (χ2n) is 5.55. The quantitative estimate of drug-likeness (QED) is 0.828. The van der Waals surface area contributed by atoms with Gasteiger partial charge in [-0.15, -0.1) is 0 Å². The van der Waals surface area contributed by atoms with Crippen LogP contribution < -0.4 is 0 Å². The van der Waals surface area contributed by atoms with Crippen molar-refractivity contribution in [2.45, 2.75) is 38.8 Å². The van der Waals surface area contributed by atoms with Crippen molar-refractivity contribution in [3.05, 3.63) is 12.4 Å². The molecule has 1 saturated heterocycles. The third-order valence-corrected chi connectivity index (χ3v) is 2.78. The number of carbonyl (C=O) groups excluding carboxylic acids is 1. The topological polar surface area (TPSA) is 67.6 Å². The van der Waals surface area contributed by atoms with Crippen LogP contribution in [0.4, 0.5) is 4.79 Å². The van der Waals surface area contributed by atoms with Crippen molar-refractivity contribution >= 4 is 6.09 Å². The number of aromatic nitrogens is 2. The number of hydrogen-bond acceptors (Lipinski definition) is 4. The number of nitrogens with zero attached hydrogens (tertiary/aromatic N) is 3. The second-order valence-corrected chi connectivity index (χ2v) is 5.55. The van der Waals surface area contributed by atoms with E-state index in [-0.39, 0.29) is 17.9 Å². The maximum absolute atomic E-state index is 11.9. The first-order valence-corrected chi connectivity index (χ1v) is 6.06. The van der Waals surface area contributed by atoms with Crippen molar-refractivity contribution in [3.63, 3.8) is 0 Å². The SMILES string of the molecule is CC(C)(C)OC(=O)N1CCC(n2cc(O)cn2)C1. The van der Waals surface area contributed by atoms with Gasteiger partial charge in [0.15, 0.2) is 5.75 Å². The van der Waals surface area contributed by atoms with Crippen molar-refractivity contribution in [1.82, 2.24) is 14.7 Å². The predicted octanol–water partition coefficient (Wildman–Crippen LogP) is 1.77. The van der Waals surface area contributed by atoms with Crippen LogP contribution in [-0.4, -0.2) is 44.6 Å². The van der Waals surface area contributed by atoms with Crippen LogP contribution in [0.2, 0.25) is 0 Å². The highest BCUT2D eigenvalue weighted by molar-refractivity contribution is 5.68. The lowest BCUT2D eigenvalue weighted by molar-refractivity contribution is 0.0288. The first kappa shape index (κ1) is 12.7. The van der Waals surface area contributed by atoms with Crippen molar-refractivity contribution < 1.29 is 14.6 Å². The third kappa shape index (κ3) is 2.94. The van der Waals surface area contributed by atoms with Crippen LogP contribution >= 0.6 is 0 Å². The molecule has 1 aromatic heterocycles. The minimum Gasteiger partial charge on any atom is -0.505 e. The van der Waals surface area contributed by atoms with E-state index >= 15 is 0 Å². The van der Waals surface area contributed by atoms with Gasteiger partial charge in [0.2, 0.25) is 0 Å². The molecule has 0 aliphatic carbocycles. The fraction of sp³-hybridized carbons (Fsp3) is 0.667. The lowest BCUT2D eigenvalue weighted by Crippen LogP contribution is -2.35. The largest absolute Gasteiger partial charge is 0.505 e. The van der Waals surface area contributed by atoms with Gasteiger partial charge < -0.3 is 14.7 Å². The Hall–Kier alpha value is -1.72. The van der Waals surface area contributed by atoms with E-state index < -0.39 is 5.60 Å². The van der Waals surface area contributed by atoms with Crippen LogP contribution in [0.5, 0.6) is 5.75 Å². The molecule has 1 aliphatic rings. The molecule has 6 heteroatoms. The number of carbonyl (C=O) groups is 1. The number of hydrogen-bond donors (Lipinski definition) is 1. The molecule has 1 unspecified atom stereocenters. The molecule has 1 N–H and O–H groups in total. The Morgan fingerprint density at radius 1 is 1.56 bits per heavy atom. The molecule has 2 heterocycles. The highest BCUT2D eigenvalue weighted by atomic mass is 16.6. The van der Waals surface area contributed by atoms with Gasteiger partial charge >= 0.3 is 6.09 Å². The summed E-state index contributed by atoms with van der Waals surface area (Å²) >= 11 is 0. The van der Waals surface area contributed by atoms with Gasteiger partial charge in [-0.05, 0) is 27.2 Å². The molecule has 1 amide bonds. The maximum Gasteiger partial charge on any atom is 0.410 e. The summed E-state index contributed by atoms with van der Waals surface area (Å²) < 4.78 is 7.01. The van der Waals surface area contributed by atoms with Gasteiger partial charge in [-0.1, -0.05) is 0 Å². The zero-order valence-electron chi connectivity index (χ0n) is 11.0. The van der Waals surface area contributed by atoms with Gasteiger partial charge in [0.1, 0.15) is 5.60 Å². The Balaban J connectivity index is 1.94. The highest BCUT2D eigenvalue weighted by Crippen LogP contribution is 2.24. The molecule has 18 heavy (non-hydrogen) atoms. The summed E-state index contributed by atoms with van der Waals surface area (Å²) in [6.45, 7) is 6.77. The molecule has 0 saturated carbocycles. The summed E-state index contributed by atoms with van der Waals surface area (Å²) in [5.74, 6) is 0.144. The van der Waals surface area contributed by atoms with E-state index in [9.17, 15) is 9.90 Å². The van der Waals surface area contributed by atoms with E-state index in [2.05, 4.69) is 5.10 Å². The Morgan fingerprint density at radius 3 is 2.83 bits per heavy atom. The summed E-state index contributed by atoms with van der Waals surface area (Å²) in [5.41, 5.74) is -0.473. The summed E-state index contributed by atoms with van der Waals surface area (Å²) in [5, 5.41) is 13.3. The third-order valence-electron chi connectivity index (χ3n) is 2.78. The van der Waals surface area contributed by atoms with Gasteiger partial charge in [-0.25, -0.2) is 4.79 Å². The van der Waals surface area contributed by atoms with Crippen LogP contribution in [0.3, 0.4) is 0 Å². The van der Waals surface area contributed by atoms with Gasteiger partial charge in [0.05, 0.1) is 18.4 Å². The average molecular weight is 253 g/mol. The zero-order valence-corrected chi connectivity index (χ0v) is 11.0. The summed E-state index contributed by atoms with van der Waals surface area (Å²) in [4.78, 5) is 13.5. The summed E-state index contributed by atoms with van der Waals surface area (Å²) in [6, 6.07) is 0.110. The van der Waals surface area contributed by atoms with E-state index in [0.717, 1.165) is 6.42 Å². The number of amides is 1. The smallest absolute Gasteiger partial charge is 0.410 e. The standard InChI is InChI=1S/C12H19N3O3/c1-12(2,3)18-11(17)14-5-4-9(7-14)15-8-10(16)6-13-15/h6,8-9,16H,4-5,7H2,1-3H3. The molecule has 0 radical (unpaired) electrons. The van der Waals surface area contributed by atoms with Crippen LogP contribution in [0.1, 0.15) is 33.2 Å². The molecule has 0 bridgehead atoms. The summed E-state index contributed by atoms with van der Waals surface area (Å²) in [6.07, 6.45) is 3.50. The first-order chi connectivity index (χ1) is 8.35. The normalized spacial score (nSPS) is 20.2. The minimum atomic E-state index is -0.473. The molecule has 100 valence electrons. The Kier molecular flexibility index (Phi) is 3.19. The molecule has 2 rings (SSSR count). The minimum absolute atomic E-state index is 0.110. The van der Waals surface area contributed by atoms with E-state index in [0.29, 0.717) is 13.1 Å². The maximum atomic E-state index is 11.9. The van der Waals surface area contributed by atoms with E-state index in [1.807, 2.05) is 20.8 Å². The fourth-order valence-electron chi connectivity index (χ4n) is 1.98. The monoisotopic (exact) mass is 253 g/mol. The molecule has 6 nitrogen and oxygen atoms in total. The van der Waals surface area contributed by atoms with E-state index in [1.54, 1.807) is 15.8 Å². The molecule has 0 spiro atoms. The van der Waals surface area contributed by atoms with E-state index in [4.69, 9.17) is 4.74 Å². The van der Waals surface area contributed by atoms with Crippen LogP contribution in [0.15, 0.2) is 12.4 Å². The molecule has 1 aromatic rings. The lowest BCUT2D eigenvalue weighted by atomic mass is 10.2. The average Bonchev–Trinajstić information content (AvgIpc) is 2.82. The number of aromatic hydroxyl groups is 1. The molecular formula is C12H19N3O3. The van der Waals surface area contributed by atoms with Crippen molar-refractivity contribution in [2.24, 2.45) is 0 Å². The number of ether oxygens (including phenoxy) is 1. The number of rotatable bonds is 1. The molecule has 1 atom stereocenters. The van der Waals surface area contributed by atoms with E-state index in [1.165, 1.54) is 6.20 Å². The van der Waals surface area contributed by atoms with Gasteiger partial charge in [-0.3, -0.25) is 4.68 Å². The van der Waals surface area contributed by atoms with Gasteiger partial charge in [-0.2, -0.15) is 5.10 Å².